The van der Waals surface area contributed by atoms with E-state index >= 15 is 0 Å². The summed E-state index contributed by atoms with van der Waals surface area (Å²) < 4.78 is 0. The molecular weight excluding hydrogens is 1140 g/mol. The molecule has 92 heavy (non-hydrogen) atoms. The van der Waals surface area contributed by atoms with Gasteiger partial charge < -0.3 is 41.7 Å². The number of phenolic OH excluding ortho intramolecular Hbond substituents is 4. The van der Waals surface area contributed by atoms with E-state index in [-0.39, 0.29) is 66.9 Å². The Kier molecular flexibility index (Phi) is 29.1. The van der Waals surface area contributed by atoms with Crippen LogP contribution in [0.2, 0.25) is 0 Å². The third-order valence-corrected chi connectivity index (χ3v) is 17.2. The van der Waals surface area contributed by atoms with Crippen molar-refractivity contribution in [3.05, 3.63) is 115 Å². The molecule has 0 saturated carbocycles. The average molecular weight is 1270 g/mol. The maximum Gasteiger partial charge on any atom is 0.220 e. The smallest absolute Gasteiger partial charge is 0.220 e. The van der Waals surface area contributed by atoms with Crippen molar-refractivity contribution in [2.24, 2.45) is 0 Å². The van der Waals surface area contributed by atoms with Gasteiger partial charge in [0.15, 0.2) is 0 Å². The molecule has 0 radical (unpaired) electrons. The quantitative estimate of drug-likeness (QED) is 0.0284. The number of carbonyl (C=O) groups excluding carboxylic acids is 4. The standard InChI is InChI=1S/2C40H64N2O4/c2*1-37(2,3)29-23-27(24-30(35(29)45)38(4,5)6)17-19-33(43)41-21-15-13-14-16-22-42-34(44)20-18-28-25-31(39(7,8)9)36(46)32(26-28)40(10,11)12/h2*23-26,45-46H,13-22H2,1-12H3,(H,41,43)(H,42,44). The summed E-state index contributed by atoms with van der Waals surface area (Å²) in [5.41, 5.74) is 10.2. The molecule has 516 valence electrons. The molecule has 0 aliphatic rings. The Hall–Kier alpha value is -6.04. The van der Waals surface area contributed by atoms with Crippen LogP contribution in [0.3, 0.4) is 0 Å². The molecule has 0 atom stereocenters. The molecule has 0 unspecified atom stereocenters. The number of rotatable bonds is 26. The van der Waals surface area contributed by atoms with E-state index in [0.29, 0.717) is 101 Å². The lowest BCUT2D eigenvalue weighted by Gasteiger charge is -2.28. The molecule has 0 saturated heterocycles. The minimum Gasteiger partial charge on any atom is -0.507 e. The Bertz CT molecular complexity index is 2520. The molecular formula is C80H128N4O8. The van der Waals surface area contributed by atoms with Crippen molar-refractivity contribution in [3.63, 3.8) is 0 Å². The van der Waals surface area contributed by atoms with Crippen molar-refractivity contribution in [2.45, 2.75) is 312 Å². The van der Waals surface area contributed by atoms with Crippen LogP contribution in [-0.2, 0) is 88.2 Å². The average Bonchev–Trinajstić information content (AvgIpc) is 0.814. The van der Waals surface area contributed by atoms with Gasteiger partial charge in [0, 0.05) is 51.9 Å². The van der Waals surface area contributed by atoms with Gasteiger partial charge in [0.2, 0.25) is 23.6 Å². The summed E-state index contributed by atoms with van der Waals surface area (Å²) in [5, 5.41) is 56.0. The Labute approximate surface area is 558 Å². The number of hydrogen-bond donors (Lipinski definition) is 8. The molecule has 0 bridgehead atoms. The van der Waals surface area contributed by atoms with Gasteiger partial charge in [-0.3, -0.25) is 19.2 Å². The van der Waals surface area contributed by atoms with Crippen molar-refractivity contribution in [1.29, 1.82) is 0 Å². The first-order chi connectivity index (χ1) is 42.0. The van der Waals surface area contributed by atoms with E-state index < -0.39 is 0 Å². The zero-order chi connectivity index (χ0) is 70.2. The predicted octanol–water partition coefficient (Wildman–Crippen LogP) is 17.3. The van der Waals surface area contributed by atoms with Gasteiger partial charge >= 0.3 is 0 Å². The van der Waals surface area contributed by atoms with Gasteiger partial charge in [-0.1, -0.05) is 240 Å². The highest BCUT2D eigenvalue weighted by Gasteiger charge is 2.31. The summed E-state index contributed by atoms with van der Waals surface area (Å²) in [6, 6.07) is 16.4. The SMILES string of the molecule is CC(C)(C)c1cc(CCC(=O)NCCCCCCNC(=O)CCc2cc(C(C)(C)C)c(O)c(C(C)(C)C)c2)cc(C(C)(C)C)c1O.CC(C)(C)c1cc(CCC(=O)NCCCCCCNC(=O)CCc2cc(C(C)(C)C)c(O)c(C(C)(C)C)c2)cc(C(C)(C)C)c1O. The van der Waals surface area contributed by atoms with Crippen molar-refractivity contribution >= 4 is 23.6 Å². The topological polar surface area (TPSA) is 197 Å². The number of unbranched alkanes of at least 4 members (excludes halogenated alkanes) is 6. The van der Waals surface area contributed by atoms with Gasteiger partial charge in [-0.05, 0) is 161 Å². The van der Waals surface area contributed by atoms with Crippen molar-refractivity contribution in [1.82, 2.24) is 21.3 Å². The molecule has 0 fully saturated rings. The monoisotopic (exact) mass is 1270 g/mol. The van der Waals surface area contributed by atoms with Gasteiger partial charge in [0.1, 0.15) is 23.0 Å². The fraction of sp³-hybridized carbons (Fsp3) is 0.650. The van der Waals surface area contributed by atoms with Gasteiger partial charge in [-0.25, -0.2) is 0 Å². The summed E-state index contributed by atoms with van der Waals surface area (Å²) >= 11 is 0. The molecule has 12 nitrogen and oxygen atoms in total. The highest BCUT2D eigenvalue weighted by molar-refractivity contribution is 5.77. The van der Waals surface area contributed by atoms with E-state index in [4.69, 9.17) is 0 Å². The minimum absolute atomic E-state index is 0.0489. The van der Waals surface area contributed by atoms with Crippen LogP contribution in [0.4, 0.5) is 0 Å². The van der Waals surface area contributed by atoms with Gasteiger partial charge in [-0.2, -0.15) is 0 Å². The number of aromatic hydroxyl groups is 4. The van der Waals surface area contributed by atoms with E-state index in [9.17, 15) is 39.6 Å². The van der Waals surface area contributed by atoms with Gasteiger partial charge in [0.05, 0.1) is 0 Å². The van der Waals surface area contributed by atoms with Crippen LogP contribution in [0.1, 0.15) is 310 Å². The number of nitrogens with one attached hydrogen (secondary N) is 4. The van der Waals surface area contributed by atoms with Gasteiger partial charge in [-0.15, -0.1) is 0 Å². The van der Waals surface area contributed by atoms with Crippen LogP contribution >= 0.6 is 0 Å². The Morgan fingerprint density at radius 1 is 0.250 bits per heavy atom. The van der Waals surface area contributed by atoms with E-state index in [1.54, 1.807) is 0 Å². The molecule has 0 spiro atoms. The molecule has 4 aromatic carbocycles. The first-order valence-corrected chi connectivity index (χ1v) is 34.6. The lowest BCUT2D eigenvalue weighted by molar-refractivity contribution is -0.121. The first-order valence-electron chi connectivity index (χ1n) is 34.6. The summed E-state index contributed by atoms with van der Waals surface area (Å²) in [5.74, 6) is 1.66. The summed E-state index contributed by atoms with van der Waals surface area (Å²) in [7, 11) is 0. The Morgan fingerprint density at radius 2 is 0.380 bits per heavy atom. The summed E-state index contributed by atoms with van der Waals surface area (Å²) in [6.07, 6.45) is 11.9. The molecule has 0 aliphatic heterocycles. The van der Waals surface area contributed by atoms with Gasteiger partial charge in [0.25, 0.3) is 0 Å². The number of phenols is 4. The second kappa shape index (κ2) is 33.4. The van der Waals surface area contributed by atoms with Crippen LogP contribution < -0.4 is 21.3 Å². The third kappa shape index (κ3) is 26.4. The normalized spacial score (nSPS) is 12.7. The molecule has 0 aliphatic carbocycles. The van der Waals surface area contributed by atoms with E-state index in [0.717, 1.165) is 118 Å². The zero-order valence-electron chi connectivity index (χ0n) is 62.2. The van der Waals surface area contributed by atoms with Crippen molar-refractivity contribution in [3.8, 4) is 23.0 Å². The molecule has 0 aromatic heterocycles. The van der Waals surface area contributed by atoms with Crippen molar-refractivity contribution < 1.29 is 39.6 Å². The van der Waals surface area contributed by atoms with Crippen LogP contribution in [0.5, 0.6) is 23.0 Å². The number of hydrogen-bond acceptors (Lipinski definition) is 8. The van der Waals surface area contributed by atoms with E-state index in [1.807, 2.05) is 0 Å². The zero-order valence-corrected chi connectivity index (χ0v) is 62.2. The molecule has 4 rings (SSSR count). The van der Waals surface area contributed by atoms with Crippen LogP contribution in [0, 0.1) is 0 Å². The number of amides is 4. The maximum atomic E-state index is 12.6. The molecule has 4 amide bonds. The molecule has 8 N–H and O–H groups in total. The second-order valence-corrected chi connectivity index (χ2v) is 34.4. The molecule has 4 aromatic rings. The maximum absolute atomic E-state index is 12.6. The Balaban J connectivity index is 0.000000480. The lowest BCUT2D eigenvalue weighted by Crippen LogP contribution is -2.25. The highest BCUT2D eigenvalue weighted by Crippen LogP contribution is 2.44. The second-order valence-electron chi connectivity index (χ2n) is 34.4. The highest BCUT2D eigenvalue weighted by atomic mass is 16.3. The largest absolute Gasteiger partial charge is 0.507 e. The summed E-state index contributed by atoms with van der Waals surface area (Å²) in [4.78, 5) is 50.2. The fourth-order valence-electron chi connectivity index (χ4n) is 11.4. The minimum atomic E-state index is -0.189. The van der Waals surface area contributed by atoms with Crippen molar-refractivity contribution in [2.75, 3.05) is 26.2 Å². The summed E-state index contributed by atoms with van der Waals surface area (Å²) in [6.45, 7) is 53.0. The van der Waals surface area contributed by atoms with E-state index in [1.165, 1.54) is 0 Å². The molecule has 12 heteroatoms. The van der Waals surface area contributed by atoms with E-state index in [2.05, 4.69) is 236 Å². The molecule has 0 heterocycles. The fourth-order valence-corrected chi connectivity index (χ4v) is 11.4. The van der Waals surface area contributed by atoms with Crippen LogP contribution in [-0.4, -0.2) is 70.2 Å². The predicted molar refractivity (Wildman–Crippen MR) is 384 cm³/mol. The number of carbonyl (C=O) groups is 4. The Morgan fingerprint density at radius 3 is 0.500 bits per heavy atom. The van der Waals surface area contributed by atoms with Crippen LogP contribution in [0.15, 0.2) is 48.5 Å². The van der Waals surface area contributed by atoms with Crippen LogP contribution in [0.25, 0.3) is 0 Å². The third-order valence-electron chi connectivity index (χ3n) is 17.2. The number of benzene rings is 4. The first kappa shape index (κ1) is 80.2. The lowest BCUT2D eigenvalue weighted by atomic mass is 9.78. The number of aryl methyl sites for hydroxylation is 4.